The van der Waals surface area contributed by atoms with Gasteiger partial charge in [0.05, 0.1) is 12.0 Å². The molecule has 0 spiro atoms. The van der Waals surface area contributed by atoms with Crippen LogP contribution in [-0.2, 0) is 4.79 Å². The van der Waals surface area contributed by atoms with Crippen LogP contribution in [0.25, 0.3) is 22.7 Å². The number of hydrogen-bond acceptors (Lipinski definition) is 3. The van der Waals surface area contributed by atoms with Crippen LogP contribution >= 0.6 is 0 Å². The number of carbonyl (C=O) groups is 1. The third-order valence-corrected chi connectivity index (χ3v) is 4.79. The minimum absolute atomic E-state index is 0.0401. The molecule has 25 heavy (non-hydrogen) atoms. The maximum Gasteiger partial charge on any atom is 0.224 e. The molecule has 0 unspecified atom stereocenters. The molecule has 0 bridgehead atoms. The van der Waals surface area contributed by atoms with Gasteiger partial charge in [-0.25, -0.2) is 0 Å². The van der Waals surface area contributed by atoms with Crippen LogP contribution in [-0.4, -0.2) is 16.1 Å². The molecule has 1 fully saturated rings. The van der Waals surface area contributed by atoms with Gasteiger partial charge in [-0.1, -0.05) is 43.2 Å². The number of amides is 1. The summed E-state index contributed by atoms with van der Waals surface area (Å²) < 4.78 is 5.50. The Hall–Kier alpha value is -2.82. The van der Waals surface area contributed by atoms with E-state index < -0.39 is 0 Å². The highest BCUT2D eigenvalue weighted by atomic mass is 16.3. The first-order chi connectivity index (χ1) is 12.3. The summed E-state index contributed by atoms with van der Waals surface area (Å²) >= 11 is 0. The number of aromatic nitrogens is 2. The number of hydrogen-bond donors (Lipinski definition) is 2. The summed E-state index contributed by atoms with van der Waals surface area (Å²) in [5.74, 6) is 1.20. The van der Waals surface area contributed by atoms with E-state index in [9.17, 15) is 4.79 Å². The Morgan fingerprint density at radius 2 is 1.96 bits per heavy atom. The lowest BCUT2D eigenvalue weighted by Gasteiger charge is -2.11. The number of carbonyl (C=O) groups excluding carboxylic acids is 1. The Labute approximate surface area is 146 Å². The van der Waals surface area contributed by atoms with Gasteiger partial charge < -0.3 is 9.73 Å². The quantitative estimate of drug-likeness (QED) is 0.700. The largest absolute Gasteiger partial charge is 0.463 e. The van der Waals surface area contributed by atoms with Crippen molar-refractivity contribution in [3.8, 4) is 22.7 Å². The van der Waals surface area contributed by atoms with Gasteiger partial charge in [-0.2, -0.15) is 5.10 Å². The third-order valence-electron chi connectivity index (χ3n) is 4.79. The van der Waals surface area contributed by atoms with Crippen molar-refractivity contribution in [2.45, 2.75) is 32.1 Å². The van der Waals surface area contributed by atoms with Crippen molar-refractivity contribution in [2.75, 3.05) is 5.32 Å². The molecule has 2 N–H and O–H groups in total. The molecule has 5 heteroatoms. The first-order valence-electron chi connectivity index (χ1n) is 8.79. The van der Waals surface area contributed by atoms with E-state index in [1.165, 1.54) is 12.8 Å². The molecule has 1 aliphatic rings. The number of anilines is 1. The van der Waals surface area contributed by atoms with E-state index in [1.54, 1.807) is 6.26 Å². The van der Waals surface area contributed by atoms with Crippen LogP contribution in [0.2, 0.25) is 0 Å². The standard InChI is InChI=1S/C20H21N3O2/c24-17(13-14-7-4-5-8-14)21-20-18(15-9-2-1-3-10-15)22-23-19(20)16-11-6-12-25-16/h1-3,6,9-12,14H,4-5,7-8,13H2,(H,21,24)(H,22,23). The Balaban J connectivity index is 1.65. The van der Waals surface area contributed by atoms with Gasteiger partial charge in [-0.05, 0) is 30.9 Å². The highest BCUT2D eigenvalue weighted by molar-refractivity contribution is 5.99. The Kier molecular flexibility index (Phi) is 4.37. The van der Waals surface area contributed by atoms with Crippen LogP contribution in [0.1, 0.15) is 32.1 Å². The van der Waals surface area contributed by atoms with E-state index in [1.807, 2.05) is 42.5 Å². The predicted molar refractivity (Wildman–Crippen MR) is 96.9 cm³/mol. The molecule has 2 heterocycles. The van der Waals surface area contributed by atoms with Crippen molar-refractivity contribution >= 4 is 11.6 Å². The molecule has 2 aromatic heterocycles. The van der Waals surface area contributed by atoms with Crippen molar-refractivity contribution in [3.63, 3.8) is 0 Å². The molecular formula is C20H21N3O2. The van der Waals surface area contributed by atoms with E-state index in [0.717, 1.165) is 24.1 Å². The highest BCUT2D eigenvalue weighted by Crippen LogP contribution is 2.36. The van der Waals surface area contributed by atoms with Crippen molar-refractivity contribution in [3.05, 3.63) is 48.7 Å². The van der Waals surface area contributed by atoms with E-state index in [2.05, 4.69) is 15.5 Å². The zero-order chi connectivity index (χ0) is 17.1. The lowest BCUT2D eigenvalue weighted by molar-refractivity contribution is -0.117. The molecule has 0 aliphatic heterocycles. The van der Waals surface area contributed by atoms with Gasteiger partial charge in [-0.3, -0.25) is 9.89 Å². The SMILES string of the molecule is O=C(CC1CCCC1)Nc1c(-c2ccccc2)n[nH]c1-c1ccco1. The number of nitrogens with one attached hydrogen (secondary N) is 2. The molecule has 3 aromatic rings. The third kappa shape index (κ3) is 3.36. The molecule has 128 valence electrons. The van der Waals surface area contributed by atoms with Crippen molar-refractivity contribution in [1.82, 2.24) is 10.2 Å². The topological polar surface area (TPSA) is 70.9 Å². The van der Waals surface area contributed by atoms with Crippen molar-refractivity contribution in [1.29, 1.82) is 0 Å². The fraction of sp³-hybridized carbons (Fsp3) is 0.300. The maximum atomic E-state index is 12.6. The molecule has 0 atom stereocenters. The smallest absolute Gasteiger partial charge is 0.224 e. The van der Waals surface area contributed by atoms with Gasteiger partial charge in [-0.15, -0.1) is 0 Å². The van der Waals surface area contributed by atoms with E-state index in [-0.39, 0.29) is 5.91 Å². The second-order valence-electron chi connectivity index (χ2n) is 6.57. The summed E-state index contributed by atoms with van der Waals surface area (Å²) in [6.45, 7) is 0. The van der Waals surface area contributed by atoms with Gasteiger partial charge in [0.15, 0.2) is 5.76 Å². The molecule has 5 nitrogen and oxygen atoms in total. The number of rotatable bonds is 5. The summed E-state index contributed by atoms with van der Waals surface area (Å²) in [4.78, 5) is 12.6. The van der Waals surface area contributed by atoms with Crippen molar-refractivity contribution in [2.24, 2.45) is 5.92 Å². The number of benzene rings is 1. The van der Waals surface area contributed by atoms with Crippen LogP contribution in [0.4, 0.5) is 5.69 Å². The fourth-order valence-corrected chi connectivity index (χ4v) is 3.53. The van der Waals surface area contributed by atoms with Crippen LogP contribution < -0.4 is 5.32 Å². The van der Waals surface area contributed by atoms with E-state index >= 15 is 0 Å². The summed E-state index contributed by atoms with van der Waals surface area (Å²) in [5, 5.41) is 10.5. The lowest BCUT2D eigenvalue weighted by Crippen LogP contribution is -2.15. The minimum Gasteiger partial charge on any atom is -0.463 e. The highest BCUT2D eigenvalue weighted by Gasteiger charge is 2.23. The summed E-state index contributed by atoms with van der Waals surface area (Å²) in [5.41, 5.74) is 3.06. The molecule has 0 radical (unpaired) electrons. The Morgan fingerprint density at radius 1 is 1.16 bits per heavy atom. The lowest BCUT2D eigenvalue weighted by atomic mass is 10.0. The molecule has 1 saturated carbocycles. The monoisotopic (exact) mass is 335 g/mol. The number of aromatic amines is 1. The van der Waals surface area contributed by atoms with Gasteiger partial charge in [0.1, 0.15) is 11.4 Å². The summed E-state index contributed by atoms with van der Waals surface area (Å²) in [6.07, 6.45) is 6.94. The Morgan fingerprint density at radius 3 is 2.68 bits per heavy atom. The van der Waals surface area contributed by atoms with Crippen LogP contribution in [0.15, 0.2) is 53.1 Å². The van der Waals surface area contributed by atoms with Crippen LogP contribution in [0.3, 0.4) is 0 Å². The number of H-pyrrole nitrogens is 1. The summed E-state index contributed by atoms with van der Waals surface area (Å²) in [6, 6.07) is 13.5. The van der Waals surface area contributed by atoms with Gasteiger partial charge in [0.2, 0.25) is 5.91 Å². The minimum atomic E-state index is 0.0401. The fourth-order valence-electron chi connectivity index (χ4n) is 3.53. The second kappa shape index (κ2) is 6.97. The van der Waals surface area contributed by atoms with E-state index in [0.29, 0.717) is 29.5 Å². The summed E-state index contributed by atoms with van der Waals surface area (Å²) in [7, 11) is 0. The van der Waals surface area contributed by atoms with E-state index in [4.69, 9.17) is 4.42 Å². The average molecular weight is 335 g/mol. The van der Waals surface area contributed by atoms with Crippen LogP contribution in [0, 0.1) is 5.92 Å². The van der Waals surface area contributed by atoms with Gasteiger partial charge in [0, 0.05) is 12.0 Å². The maximum absolute atomic E-state index is 12.6. The van der Waals surface area contributed by atoms with Gasteiger partial charge in [0.25, 0.3) is 0 Å². The number of nitrogens with zero attached hydrogens (tertiary/aromatic N) is 1. The predicted octanol–water partition coefficient (Wildman–Crippen LogP) is 4.86. The molecule has 4 rings (SSSR count). The molecule has 1 amide bonds. The molecule has 0 saturated heterocycles. The zero-order valence-corrected chi connectivity index (χ0v) is 14.0. The van der Waals surface area contributed by atoms with Crippen LogP contribution in [0.5, 0.6) is 0 Å². The Bertz CT molecular complexity index is 831. The second-order valence-corrected chi connectivity index (χ2v) is 6.57. The molecular weight excluding hydrogens is 314 g/mol. The zero-order valence-electron chi connectivity index (χ0n) is 14.0. The van der Waals surface area contributed by atoms with Crippen molar-refractivity contribution < 1.29 is 9.21 Å². The number of furan rings is 1. The molecule has 1 aromatic carbocycles. The van der Waals surface area contributed by atoms with Gasteiger partial charge >= 0.3 is 0 Å². The first-order valence-corrected chi connectivity index (χ1v) is 8.79. The molecule has 1 aliphatic carbocycles. The average Bonchev–Trinajstić information content (AvgIpc) is 3.37. The first kappa shape index (κ1) is 15.7. The normalized spacial score (nSPS) is 14.7.